The first-order valence-corrected chi connectivity index (χ1v) is 8.18. The highest BCUT2D eigenvalue weighted by molar-refractivity contribution is 9.10. The minimum atomic E-state index is -0.496. The fraction of sp³-hybridized carbons (Fsp3) is 0.214. The molecule has 0 aliphatic rings. The fourth-order valence-corrected chi connectivity index (χ4v) is 3.53. The number of benzene rings is 1. The quantitative estimate of drug-likeness (QED) is 0.739. The highest BCUT2D eigenvalue weighted by Gasteiger charge is 2.19. The van der Waals surface area contributed by atoms with Crippen LogP contribution in [0.25, 0.3) is 4.96 Å². The smallest absolute Gasteiger partial charge is 0.412 e. The molecular formula is C14H13BrN4O2S. The van der Waals surface area contributed by atoms with Crippen LogP contribution in [0.4, 0.5) is 10.5 Å². The van der Waals surface area contributed by atoms with Gasteiger partial charge in [0.2, 0.25) is 4.96 Å². The molecular weight excluding hydrogens is 368 g/mol. The number of amides is 1. The van der Waals surface area contributed by atoms with Crippen LogP contribution in [0.3, 0.4) is 0 Å². The summed E-state index contributed by atoms with van der Waals surface area (Å²) in [6.07, 6.45) is 0.637. The molecule has 0 bridgehead atoms. The molecule has 0 saturated carbocycles. The number of ether oxygens (including phenoxy) is 1. The number of hydrogen-bond acceptors (Lipinski definition) is 5. The first-order valence-electron chi connectivity index (χ1n) is 6.57. The van der Waals surface area contributed by atoms with Crippen molar-refractivity contribution in [1.82, 2.24) is 14.6 Å². The summed E-state index contributed by atoms with van der Waals surface area (Å²) in [6.45, 7) is 3.76. The van der Waals surface area contributed by atoms with E-state index >= 15 is 0 Å². The van der Waals surface area contributed by atoms with Gasteiger partial charge in [-0.15, -0.1) is 0 Å². The molecule has 1 amide bonds. The largest absolute Gasteiger partial charge is 0.440 e. The van der Waals surface area contributed by atoms with Crippen LogP contribution in [0, 0.1) is 6.92 Å². The first-order chi connectivity index (χ1) is 10.5. The second-order valence-corrected chi connectivity index (χ2v) is 6.61. The first kappa shape index (κ1) is 15.0. The Morgan fingerprint density at radius 3 is 3.05 bits per heavy atom. The lowest BCUT2D eigenvalue weighted by molar-refractivity contribution is 0.122. The predicted molar refractivity (Wildman–Crippen MR) is 88.3 cm³/mol. The Kier molecular flexibility index (Phi) is 4.12. The van der Waals surface area contributed by atoms with E-state index in [9.17, 15) is 4.79 Å². The molecule has 1 unspecified atom stereocenters. The molecule has 1 N–H and O–H groups in total. The Morgan fingerprint density at radius 2 is 2.32 bits per heavy atom. The van der Waals surface area contributed by atoms with Crippen LogP contribution in [0.5, 0.6) is 0 Å². The number of thiazole rings is 1. The van der Waals surface area contributed by atoms with Gasteiger partial charge in [-0.25, -0.2) is 14.3 Å². The van der Waals surface area contributed by atoms with E-state index < -0.39 is 6.09 Å². The highest BCUT2D eigenvalue weighted by Crippen LogP contribution is 2.29. The average Bonchev–Trinajstić information content (AvgIpc) is 3.02. The Morgan fingerprint density at radius 1 is 1.50 bits per heavy atom. The molecule has 8 heteroatoms. The Balaban J connectivity index is 1.70. The number of fused-ring (bicyclic) bond motifs is 1. The van der Waals surface area contributed by atoms with Crippen molar-refractivity contribution in [1.29, 1.82) is 0 Å². The van der Waals surface area contributed by atoms with Crippen LogP contribution in [-0.2, 0) is 4.74 Å². The Bertz CT molecular complexity index is 829. The van der Waals surface area contributed by atoms with Crippen molar-refractivity contribution in [3.63, 3.8) is 0 Å². The third kappa shape index (κ3) is 2.97. The summed E-state index contributed by atoms with van der Waals surface area (Å²) in [5, 5.41) is 6.84. The normalized spacial score (nSPS) is 12.3. The zero-order valence-electron chi connectivity index (χ0n) is 11.9. The van der Waals surface area contributed by atoms with Crippen LogP contribution in [0.15, 0.2) is 35.1 Å². The van der Waals surface area contributed by atoms with Gasteiger partial charge in [-0.05, 0) is 32.0 Å². The molecule has 2 heterocycles. The lowest BCUT2D eigenvalue weighted by Crippen LogP contribution is -2.16. The number of hydrogen-bond donors (Lipinski definition) is 1. The van der Waals surface area contributed by atoms with Gasteiger partial charge < -0.3 is 4.74 Å². The van der Waals surface area contributed by atoms with E-state index in [4.69, 9.17) is 4.74 Å². The van der Waals surface area contributed by atoms with Crippen molar-refractivity contribution in [2.45, 2.75) is 20.0 Å². The molecule has 0 aliphatic carbocycles. The summed E-state index contributed by atoms with van der Waals surface area (Å²) < 4.78 is 8.07. The molecule has 6 nitrogen and oxygen atoms in total. The molecule has 0 spiro atoms. The molecule has 22 heavy (non-hydrogen) atoms. The molecule has 0 radical (unpaired) electrons. The molecule has 0 fully saturated rings. The van der Waals surface area contributed by atoms with Crippen molar-refractivity contribution < 1.29 is 9.53 Å². The summed E-state index contributed by atoms with van der Waals surface area (Å²) in [5.74, 6) is 0. The van der Waals surface area contributed by atoms with E-state index in [2.05, 4.69) is 31.3 Å². The minimum Gasteiger partial charge on any atom is -0.440 e. The monoisotopic (exact) mass is 380 g/mol. The second kappa shape index (κ2) is 6.05. The molecule has 3 aromatic rings. The van der Waals surface area contributed by atoms with Crippen molar-refractivity contribution >= 4 is 44.0 Å². The van der Waals surface area contributed by atoms with Gasteiger partial charge in [0.15, 0.2) is 0 Å². The maximum atomic E-state index is 12.0. The van der Waals surface area contributed by atoms with Crippen molar-refractivity contribution in [3.05, 3.63) is 45.6 Å². The van der Waals surface area contributed by atoms with Gasteiger partial charge in [-0.1, -0.05) is 33.3 Å². The van der Waals surface area contributed by atoms with Gasteiger partial charge in [-0.3, -0.25) is 5.32 Å². The van der Waals surface area contributed by atoms with Crippen LogP contribution < -0.4 is 5.32 Å². The number of nitrogens with zero attached hydrogens (tertiary/aromatic N) is 3. The van der Waals surface area contributed by atoms with E-state index in [0.717, 1.165) is 20.0 Å². The maximum absolute atomic E-state index is 12.0. The standard InChI is InChI=1S/C14H13BrN4O2S/c1-8-12(22-13-16-7-17-19(8)13)9(2)21-14(20)18-11-5-3-4-10(15)6-11/h3-7,9H,1-2H3,(H,18,20). The number of rotatable bonds is 3. The second-order valence-electron chi connectivity index (χ2n) is 4.69. The number of carbonyl (C=O) groups is 1. The van der Waals surface area contributed by atoms with Crippen molar-refractivity contribution in [3.8, 4) is 0 Å². The van der Waals surface area contributed by atoms with Crippen LogP contribution in [0.2, 0.25) is 0 Å². The number of nitrogens with one attached hydrogen (secondary N) is 1. The summed E-state index contributed by atoms with van der Waals surface area (Å²) in [5.41, 5.74) is 1.60. The summed E-state index contributed by atoms with van der Waals surface area (Å²) in [7, 11) is 0. The molecule has 3 rings (SSSR count). The van der Waals surface area contributed by atoms with Gasteiger partial charge in [0.1, 0.15) is 12.4 Å². The zero-order valence-corrected chi connectivity index (χ0v) is 14.3. The van der Waals surface area contributed by atoms with E-state index in [0.29, 0.717) is 5.69 Å². The topological polar surface area (TPSA) is 68.5 Å². The number of anilines is 1. The number of aryl methyl sites for hydroxylation is 1. The SMILES string of the molecule is Cc1c(C(C)OC(=O)Nc2cccc(Br)c2)sc2ncnn12. The molecule has 2 aromatic heterocycles. The van der Waals surface area contributed by atoms with E-state index in [1.54, 1.807) is 16.6 Å². The van der Waals surface area contributed by atoms with Crippen LogP contribution in [-0.4, -0.2) is 20.7 Å². The van der Waals surface area contributed by atoms with E-state index in [-0.39, 0.29) is 6.10 Å². The highest BCUT2D eigenvalue weighted by atomic mass is 79.9. The number of halogens is 1. The Labute approximate surface area is 139 Å². The molecule has 0 saturated heterocycles. The van der Waals surface area contributed by atoms with Crippen molar-refractivity contribution in [2.75, 3.05) is 5.32 Å². The maximum Gasteiger partial charge on any atom is 0.412 e. The predicted octanol–water partition coefficient (Wildman–Crippen LogP) is 4.17. The van der Waals surface area contributed by atoms with Gasteiger partial charge in [0, 0.05) is 10.2 Å². The molecule has 1 atom stereocenters. The third-order valence-corrected chi connectivity index (χ3v) is 4.92. The van der Waals surface area contributed by atoms with Crippen LogP contribution in [0.1, 0.15) is 23.6 Å². The molecule has 1 aromatic carbocycles. The van der Waals surface area contributed by atoms with Gasteiger partial charge >= 0.3 is 6.09 Å². The lowest BCUT2D eigenvalue weighted by Gasteiger charge is -2.13. The summed E-state index contributed by atoms with van der Waals surface area (Å²) in [6, 6.07) is 7.33. The van der Waals surface area contributed by atoms with E-state index in [1.807, 2.05) is 26.0 Å². The number of aromatic nitrogens is 3. The molecule has 114 valence electrons. The third-order valence-electron chi connectivity index (χ3n) is 3.12. The lowest BCUT2D eigenvalue weighted by atomic mass is 10.3. The van der Waals surface area contributed by atoms with Crippen molar-refractivity contribution in [2.24, 2.45) is 0 Å². The summed E-state index contributed by atoms with van der Waals surface area (Å²) in [4.78, 5) is 17.9. The minimum absolute atomic E-state index is 0.374. The molecule has 0 aliphatic heterocycles. The van der Waals surface area contributed by atoms with Gasteiger partial charge in [0.05, 0.1) is 10.6 Å². The Hall–Kier alpha value is -1.93. The number of carbonyl (C=O) groups excluding carboxylic acids is 1. The zero-order chi connectivity index (χ0) is 15.7. The summed E-state index contributed by atoms with van der Waals surface area (Å²) >= 11 is 4.82. The average molecular weight is 381 g/mol. The van der Waals surface area contributed by atoms with Gasteiger partial charge in [-0.2, -0.15) is 5.10 Å². The van der Waals surface area contributed by atoms with E-state index in [1.165, 1.54) is 17.7 Å². The van der Waals surface area contributed by atoms with Gasteiger partial charge in [0.25, 0.3) is 0 Å². The van der Waals surface area contributed by atoms with Crippen LogP contribution >= 0.6 is 27.3 Å². The fourth-order valence-electron chi connectivity index (χ4n) is 2.11.